The first-order valence-electron chi connectivity index (χ1n) is 5.24. The summed E-state index contributed by atoms with van der Waals surface area (Å²) in [5.74, 6) is -1.60. The highest BCUT2D eigenvalue weighted by Gasteiger charge is 2.16. The topological polar surface area (TPSA) is 74.6 Å². The lowest BCUT2D eigenvalue weighted by molar-refractivity contribution is 0.0694. The van der Waals surface area contributed by atoms with Crippen molar-refractivity contribution >= 4 is 12.3 Å². The summed E-state index contributed by atoms with van der Waals surface area (Å²) in [4.78, 5) is 21.8. The number of carbonyl (C=O) groups is 2. The molecule has 2 aromatic carbocycles. The number of carboxylic acids is 1. The minimum Gasteiger partial charge on any atom is -0.506 e. The molecule has 0 aliphatic carbocycles. The van der Waals surface area contributed by atoms with Crippen molar-refractivity contribution in [2.75, 3.05) is 0 Å². The molecule has 0 aliphatic rings. The zero-order valence-electron chi connectivity index (χ0n) is 9.33. The highest BCUT2D eigenvalue weighted by molar-refractivity contribution is 5.97. The molecule has 0 fully saturated rings. The van der Waals surface area contributed by atoms with E-state index in [9.17, 15) is 14.7 Å². The quantitative estimate of drug-likeness (QED) is 0.811. The predicted octanol–water partition coefficient (Wildman–Crippen LogP) is 2.57. The number of carbonyl (C=O) groups excluding carboxylic acids is 1. The minimum absolute atomic E-state index is 0.212. The van der Waals surface area contributed by atoms with Gasteiger partial charge in [-0.15, -0.1) is 0 Å². The van der Waals surface area contributed by atoms with Crippen molar-refractivity contribution in [3.05, 3.63) is 53.6 Å². The van der Waals surface area contributed by atoms with Gasteiger partial charge in [0, 0.05) is 11.1 Å². The van der Waals surface area contributed by atoms with Crippen LogP contribution in [-0.4, -0.2) is 22.5 Å². The van der Waals surface area contributed by atoms with Gasteiger partial charge < -0.3 is 10.2 Å². The van der Waals surface area contributed by atoms with Crippen LogP contribution in [0.4, 0.5) is 0 Å². The van der Waals surface area contributed by atoms with Gasteiger partial charge in [-0.1, -0.05) is 30.3 Å². The number of aldehydes is 1. The van der Waals surface area contributed by atoms with Crippen LogP contribution in [0.5, 0.6) is 5.75 Å². The lowest BCUT2D eigenvalue weighted by atomic mass is 9.98. The number of rotatable bonds is 3. The van der Waals surface area contributed by atoms with Gasteiger partial charge in [-0.25, -0.2) is 4.79 Å². The summed E-state index contributed by atoms with van der Waals surface area (Å²) in [6.45, 7) is 0. The van der Waals surface area contributed by atoms with E-state index in [4.69, 9.17) is 5.11 Å². The Kier molecular flexibility index (Phi) is 3.10. The van der Waals surface area contributed by atoms with Gasteiger partial charge in [-0.2, -0.15) is 0 Å². The Balaban J connectivity index is 2.71. The molecule has 2 aromatic rings. The van der Waals surface area contributed by atoms with Crippen molar-refractivity contribution in [1.29, 1.82) is 0 Å². The molecule has 2 rings (SSSR count). The minimum atomic E-state index is -1.27. The van der Waals surface area contributed by atoms with Gasteiger partial charge in [-0.3, -0.25) is 4.79 Å². The van der Waals surface area contributed by atoms with Crippen molar-refractivity contribution in [2.45, 2.75) is 0 Å². The third-order valence-electron chi connectivity index (χ3n) is 2.58. The summed E-state index contributed by atoms with van der Waals surface area (Å²) in [6, 6.07) is 11.4. The molecule has 0 aliphatic heterocycles. The maximum Gasteiger partial charge on any atom is 0.339 e. The predicted molar refractivity (Wildman–Crippen MR) is 65.9 cm³/mol. The third kappa shape index (κ3) is 2.08. The summed E-state index contributed by atoms with van der Waals surface area (Å²) >= 11 is 0. The SMILES string of the molecule is O=Cc1cc(C(=O)O)c(O)c(-c2ccccc2)c1. The molecule has 0 bridgehead atoms. The Labute approximate surface area is 103 Å². The number of hydrogen-bond donors (Lipinski definition) is 2. The molecule has 0 unspecified atom stereocenters. The molecule has 4 heteroatoms. The van der Waals surface area contributed by atoms with E-state index in [1.54, 1.807) is 24.3 Å². The van der Waals surface area contributed by atoms with Crippen LogP contribution in [0.1, 0.15) is 20.7 Å². The Hall–Kier alpha value is -2.62. The summed E-state index contributed by atoms with van der Waals surface area (Å²) in [5, 5.41) is 18.9. The second-order valence-electron chi connectivity index (χ2n) is 3.75. The summed E-state index contributed by atoms with van der Waals surface area (Å²) in [7, 11) is 0. The first kappa shape index (κ1) is 11.9. The molecule has 0 saturated carbocycles. The number of aromatic hydroxyl groups is 1. The monoisotopic (exact) mass is 242 g/mol. The van der Waals surface area contributed by atoms with E-state index in [0.717, 1.165) is 6.07 Å². The van der Waals surface area contributed by atoms with E-state index in [1.165, 1.54) is 6.07 Å². The maximum absolute atomic E-state index is 11.0. The molecule has 0 heterocycles. The van der Waals surface area contributed by atoms with Gasteiger partial charge in [0.15, 0.2) is 0 Å². The van der Waals surface area contributed by atoms with Crippen LogP contribution >= 0.6 is 0 Å². The average molecular weight is 242 g/mol. The fraction of sp³-hybridized carbons (Fsp3) is 0. The molecule has 0 aromatic heterocycles. The maximum atomic E-state index is 11.0. The van der Waals surface area contributed by atoms with Crippen molar-refractivity contribution in [2.24, 2.45) is 0 Å². The molecule has 18 heavy (non-hydrogen) atoms. The summed E-state index contributed by atoms with van der Waals surface area (Å²) in [6.07, 6.45) is 0.554. The van der Waals surface area contributed by atoms with Crippen LogP contribution in [0, 0.1) is 0 Å². The average Bonchev–Trinajstić information content (AvgIpc) is 2.39. The molecule has 0 amide bonds. The Bertz CT molecular complexity index is 603. The molecular formula is C14H10O4. The molecule has 0 spiro atoms. The largest absolute Gasteiger partial charge is 0.506 e. The number of benzene rings is 2. The zero-order valence-corrected chi connectivity index (χ0v) is 9.33. The van der Waals surface area contributed by atoms with E-state index in [2.05, 4.69) is 0 Å². The lowest BCUT2D eigenvalue weighted by Gasteiger charge is -2.08. The van der Waals surface area contributed by atoms with Gasteiger partial charge in [0.25, 0.3) is 0 Å². The van der Waals surface area contributed by atoms with Gasteiger partial charge in [0.05, 0.1) is 0 Å². The highest BCUT2D eigenvalue weighted by Crippen LogP contribution is 2.33. The van der Waals surface area contributed by atoms with Crippen LogP contribution in [0.15, 0.2) is 42.5 Å². The smallest absolute Gasteiger partial charge is 0.339 e. The van der Waals surface area contributed by atoms with Crippen LogP contribution in [0.3, 0.4) is 0 Å². The zero-order chi connectivity index (χ0) is 13.1. The first-order valence-corrected chi connectivity index (χ1v) is 5.24. The standard InChI is InChI=1S/C14H10O4/c15-8-9-6-11(10-4-2-1-3-5-10)13(16)12(7-9)14(17)18/h1-8,16H,(H,17,18). The normalized spacial score (nSPS) is 10.0. The molecule has 2 N–H and O–H groups in total. The van der Waals surface area contributed by atoms with Crippen LogP contribution in [-0.2, 0) is 0 Å². The fourth-order valence-electron chi connectivity index (χ4n) is 1.73. The van der Waals surface area contributed by atoms with Gasteiger partial charge in [-0.05, 0) is 17.7 Å². The van der Waals surface area contributed by atoms with E-state index >= 15 is 0 Å². The van der Waals surface area contributed by atoms with E-state index < -0.39 is 5.97 Å². The molecule has 0 saturated heterocycles. The highest BCUT2D eigenvalue weighted by atomic mass is 16.4. The lowest BCUT2D eigenvalue weighted by Crippen LogP contribution is -1.99. The number of carboxylic acid groups (broad SMARTS) is 1. The molecule has 4 nitrogen and oxygen atoms in total. The van der Waals surface area contributed by atoms with Crippen molar-refractivity contribution in [3.8, 4) is 16.9 Å². The summed E-state index contributed by atoms with van der Waals surface area (Å²) in [5.41, 5.74) is 0.918. The van der Waals surface area contributed by atoms with Crippen molar-refractivity contribution < 1.29 is 19.8 Å². The second-order valence-corrected chi connectivity index (χ2v) is 3.75. The van der Waals surface area contributed by atoms with Gasteiger partial charge in [0.1, 0.15) is 17.6 Å². The molecule has 90 valence electrons. The Morgan fingerprint density at radius 3 is 2.33 bits per heavy atom. The van der Waals surface area contributed by atoms with Crippen molar-refractivity contribution in [3.63, 3.8) is 0 Å². The van der Waals surface area contributed by atoms with Crippen LogP contribution in [0.25, 0.3) is 11.1 Å². The van der Waals surface area contributed by atoms with Gasteiger partial charge >= 0.3 is 5.97 Å². The van der Waals surface area contributed by atoms with E-state index in [-0.39, 0.29) is 16.9 Å². The van der Waals surface area contributed by atoms with Crippen LogP contribution < -0.4 is 0 Å². The molecule has 0 atom stereocenters. The molecular weight excluding hydrogens is 232 g/mol. The third-order valence-corrected chi connectivity index (χ3v) is 2.58. The fourth-order valence-corrected chi connectivity index (χ4v) is 1.73. The number of hydrogen-bond acceptors (Lipinski definition) is 3. The van der Waals surface area contributed by atoms with E-state index in [1.807, 2.05) is 6.07 Å². The second kappa shape index (κ2) is 4.71. The molecule has 0 radical (unpaired) electrons. The first-order chi connectivity index (χ1) is 8.63. The van der Waals surface area contributed by atoms with E-state index in [0.29, 0.717) is 17.4 Å². The number of phenols is 1. The van der Waals surface area contributed by atoms with Crippen molar-refractivity contribution in [1.82, 2.24) is 0 Å². The Morgan fingerprint density at radius 1 is 1.11 bits per heavy atom. The van der Waals surface area contributed by atoms with Gasteiger partial charge in [0.2, 0.25) is 0 Å². The van der Waals surface area contributed by atoms with Crippen LogP contribution in [0.2, 0.25) is 0 Å². The number of aromatic carboxylic acids is 1. The summed E-state index contributed by atoms with van der Waals surface area (Å²) < 4.78 is 0. The Morgan fingerprint density at radius 2 is 1.78 bits per heavy atom.